The van der Waals surface area contributed by atoms with Crippen molar-refractivity contribution in [3.05, 3.63) is 53.6 Å². The van der Waals surface area contributed by atoms with Crippen LogP contribution in [0.4, 0.5) is 16.2 Å². The molecule has 2 aromatic carbocycles. The fourth-order valence-corrected chi connectivity index (χ4v) is 5.06. The Morgan fingerprint density at radius 3 is 2.41 bits per heavy atom. The maximum Gasteiger partial charge on any atom is 0.409 e. The molecule has 1 atom stereocenters. The first kappa shape index (κ1) is 25.4. The number of rotatable bonds is 9. The molecule has 0 aromatic heterocycles. The molecule has 1 unspecified atom stereocenters. The van der Waals surface area contributed by atoms with Crippen LogP contribution in [0.15, 0.2) is 42.5 Å². The second kappa shape index (κ2) is 12.3. The van der Waals surface area contributed by atoms with Gasteiger partial charge in [0.1, 0.15) is 22.8 Å². The van der Waals surface area contributed by atoms with Crippen LogP contribution in [0.25, 0.3) is 0 Å². The fourth-order valence-electron chi connectivity index (χ4n) is 3.85. The number of amides is 1. The summed E-state index contributed by atoms with van der Waals surface area (Å²) in [6.07, 6.45) is 0.491. The molecule has 9 heteroatoms. The number of hydrogen-bond donors (Lipinski definition) is 0. The Kier molecular flexibility index (Phi) is 9.16. The molecule has 0 radical (unpaired) electrons. The highest BCUT2D eigenvalue weighted by atomic mass is 32.2. The van der Waals surface area contributed by atoms with E-state index in [2.05, 4.69) is 11.0 Å². The van der Waals surface area contributed by atoms with Gasteiger partial charge < -0.3 is 19.3 Å². The molecular formula is C25H32N4O4S. The van der Waals surface area contributed by atoms with Crippen molar-refractivity contribution in [1.82, 2.24) is 4.90 Å². The third-order valence-electron chi connectivity index (χ3n) is 5.64. The summed E-state index contributed by atoms with van der Waals surface area (Å²) in [7, 11) is 0.395. The molecule has 8 nitrogen and oxygen atoms in total. The predicted octanol–water partition coefficient (Wildman–Crippen LogP) is 3.93. The zero-order valence-electron chi connectivity index (χ0n) is 20.0. The van der Waals surface area contributed by atoms with Gasteiger partial charge >= 0.3 is 6.09 Å². The minimum Gasteiger partial charge on any atom is -0.497 e. The monoisotopic (exact) mass is 484 g/mol. The van der Waals surface area contributed by atoms with Gasteiger partial charge in [-0.05, 0) is 49.2 Å². The van der Waals surface area contributed by atoms with Crippen molar-refractivity contribution in [1.29, 1.82) is 5.26 Å². The maximum absolute atomic E-state index is 13.1. The lowest BCUT2D eigenvalue weighted by molar-refractivity contribution is 0.105. The Balaban J connectivity index is 1.81. The largest absolute Gasteiger partial charge is 0.497 e. The van der Waals surface area contributed by atoms with Crippen LogP contribution >= 0.6 is 0 Å². The average Bonchev–Trinajstić information content (AvgIpc) is 2.87. The molecule has 2 aromatic rings. The number of benzene rings is 2. The van der Waals surface area contributed by atoms with Gasteiger partial charge in [-0.25, -0.2) is 9.00 Å². The van der Waals surface area contributed by atoms with Crippen molar-refractivity contribution in [2.45, 2.75) is 26.8 Å². The van der Waals surface area contributed by atoms with E-state index in [0.29, 0.717) is 50.6 Å². The van der Waals surface area contributed by atoms with E-state index >= 15 is 0 Å². The van der Waals surface area contributed by atoms with E-state index in [0.717, 1.165) is 29.1 Å². The van der Waals surface area contributed by atoms with Crippen molar-refractivity contribution in [2.24, 2.45) is 0 Å². The van der Waals surface area contributed by atoms with Crippen LogP contribution in [-0.2, 0) is 22.3 Å². The number of nitrogens with zero attached hydrogens (tertiary/aromatic N) is 4. The molecule has 1 aliphatic heterocycles. The third-order valence-corrected chi connectivity index (χ3v) is 7.23. The topological polar surface area (TPSA) is 86.1 Å². The van der Waals surface area contributed by atoms with Crippen LogP contribution in [0.1, 0.15) is 31.4 Å². The number of hydrogen-bond acceptors (Lipinski definition) is 6. The summed E-state index contributed by atoms with van der Waals surface area (Å²) < 4.78 is 25.2. The summed E-state index contributed by atoms with van der Waals surface area (Å²) in [5.74, 6) is 1.31. The summed E-state index contributed by atoms with van der Waals surface area (Å²) in [5.41, 5.74) is 3.09. The summed E-state index contributed by atoms with van der Waals surface area (Å²) in [4.78, 5) is 15.8. The van der Waals surface area contributed by atoms with E-state index in [1.807, 2.05) is 53.7 Å². The van der Waals surface area contributed by atoms with Crippen molar-refractivity contribution >= 4 is 28.5 Å². The first-order valence-corrected chi connectivity index (χ1v) is 12.8. The molecular weight excluding hydrogens is 452 g/mol. The van der Waals surface area contributed by atoms with Crippen LogP contribution in [0.2, 0.25) is 0 Å². The highest BCUT2D eigenvalue weighted by Gasteiger charge is 2.24. The van der Waals surface area contributed by atoms with E-state index in [1.54, 1.807) is 18.9 Å². The third kappa shape index (κ3) is 6.20. The molecule has 3 rings (SSSR count). The number of anilines is 2. The molecule has 0 saturated carbocycles. The van der Waals surface area contributed by atoms with Gasteiger partial charge in [0.2, 0.25) is 0 Å². The van der Waals surface area contributed by atoms with Gasteiger partial charge in [-0.2, -0.15) is 5.26 Å². The SMILES string of the molecule is CCCS(=O)N(Cc1ccc(OC)cc1)c1ccc(N2CCN(C(=O)OCC)CC2)c(C#N)c1. The predicted molar refractivity (Wildman–Crippen MR) is 134 cm³/mol. The number of ether oxygens (including phenoxy) is 2. The first-order chi connectivity index (χ1) is 16.5. The molecule has 0 aliphatic carbocycles. The van der Waals surface area contributed by atoms with Crippen molar-refractivity contribution in [2.75, 3.05) is 54.9 Å². The molecule has 1 aliphatic rings. The van der Waals surface area contributed by atoms with Crippen LogP contribution in [0.3, 0.4) is 0 Å². The van der Waals surface area contributed by atoms with Crippen LogP contribution in [0.5, 0.6) is 5.75 Å². The minimum absolute atomic E-state index is 0.300. The van der Waals surface area contributed by atoms with E-state index in [4.69, 9.17) is 9.47 Å². The fraction of sp³-hybridized carbons (Fsp3) is 0.440. The number of methoxy groups -OCH3 is 1. The maximum atomic E-state index is 13.1. The summed E-state index contributed by atoms with van der Waals surface area (Å²) in [6, 6.07) is 15.6. The Morgan fingerprint density at radius 2 is 1.82 bits per heavy atom. The zero-order chi connectivity index (χ0) is 24.5. The van der Waals surface area contributed by atoms with Gasteiger partial charge in [0, 0.05) is 31.9 Å². The molecule has 0 N–H and O–H groups in total. The van der Waals surface area contributed by atoms with Crippen molar-refractivity contribution in [3.8, 4) is 11.8 Å². The Labute approximate surface area is 204 Å². The molecule has 34 heavy (non-hydrogen) atoms. The summed E-state index contributed by atoms with van der Waals surface area (Å²) >= 11 is 0. The average molecular weight is 485 g/mol. The highest BCUT2D eigenvalue weighted by molar-refractivity contribution is 7.86. The minimum atomic E-state index is -1.23. The van der Waals surface area contributed by atoms with E-state index in [-0.39, 0.29) is 6.09 Å². The molecule has 1 saturated heterocycles. The van der Waals surface area contributed by atoms with Gasteiger partial charge in [-0.1, -0.05) is 19.1 Å². The van der Waals surface area contributed by atoms with E-state index < -0.39 is 11.0 Å². The number of carbonyl (C=O) groups is 1. The first-order valence-electron chi connectivity index (χ1n) is 11.5. The van der Waals surface area contributed by atoms with Crippen LogP contribution < -0.4 is 13.9 Å². The number of piperazine rings is 1. The second-order valence-electron chi connectivity index (χ2n) is 7.90. The second-order valence-corrected chi connectivity index (χ2v) is 9.39. The Bertz CT molecular complexity index is 1030. The molecule has 182 valence electrons. The molecule has 0 bridgehead atoms. The van der Waals surface area contributed by atoms with Gasteiger partial charge in [-0.15, -0.1) is 0 Å². The quantitative estimate of drug-likeness (QED) is 0.536. The van der Waals surface area contributed by atoms with Crippen LogP contribution in [-0.4, -0.2) is 60.9 Å². The Hall–Kier alpha value is -3.25. The lowest BCUT2D eigenvalue weighted by atomic mass is 10.1. The van der Waals surface area contributed by atoms with Gasteiger partial charge in [0.25, 0.3) is 0 Å². The smallest absolute Gasteiger partial charge is 0.409 e. The molecule has 0 spiro atoms. The van der Waals surface area contributed by atoms with E-state index in [1.165, 1.54) is 0 Å². The van der Waals surface area contributed by atoms with Gasteiger partial charge in [0.05, 0.1) is 37.2 Å². The standard InChI is InChI=1S/C25H32N4O4S/c1-4-16-34(31)29(19-20-6-9-23(32-3)10-7-20)22-8-11-24(21(17-22)18-26)27-12-14-28(15-13-27)25(30)33-5-2/h6-11,17H,4-5,12-16,19H2,1-3H3. The summed E-state index contributed by atoms with van der Waals surface area (Å²) in [6.45, 7) is 6.91. The van der Waals surface area contributed by atoms with Gasteiger partial charge in [0.15, 0.2) is 0 Å². The lowest BCUT2D eigenvalue weighted by Gasteiger charge is -2.36. The van der Waals surface area contributed by atoms with Crippen molar-refractivity contribution in [3.63, 3.8) is 0 Å². The lowest BCUT2D eigenvalue weighted by Crippen LogP contribution is -2.49. The molecule has 1 heterocycles. The van der Waals surface area contributed by atoms with Crippen LogP contribution in [0, 0.1) is 11.3 Å². The number of nitriles is 1. The Morgan fingerprint density at radius 1 is 1.12 bits per heavy atom. The summed E-state index contributed by atoms with van der Waals surface area (Å²) in [5, 5.41) is 9.89. The molecule has 1 fully saturated rings. The normalized spacial score (nSPS) is 14.3. The zero-order valence-corrected chi connectivity index (χ0v) is 20.8. The van der Waals surface area contributed by atoms with Gasteiger partial charge in [-0.3, -0.25) is 4.31 Å². The molecule has 1 amide bonds. The van der Waals surface area contributed by atoms with Crippen molar-refractivity contribution < 1.29 is 18.5 Å². The highest BCUT2D eigenvalue weighted by Crippen LogP contribution is 2.29. The van der Waals surface area contributed by atoms with E-state index in [9.17, 15) is 14.3 Å². The number of carbonyl (C=O) groups excluding carboxylic acids is 1.